The highest BCUT2D eigenvalue weighted by atomic mass is 127. The lowest BCUT2D eigenvalue weighted by molar-refractivity contribution is -0.231. The number of rotatable bonds is 1. The number of hydrogen-bond donors (Lipinski definition) is 4. The van der Waals surface area contributed by atoms with Gasteiger partial charge in [0, 0.05) is 0 Å². The Labute approximate surface area is 83.1 Å². The highest BCUT2D eigenvalue weighted by Crippen LogP contribution is 2.24. The third-order valence-electron chi connectivity index (χ3n) is 1.82. The second kappa shape index (κ2) is 4.16. The Bertz CT molecular complexity index is 150. The molecule has 4 N–H and O–H groups in total. The molecule has 1 heterocycles. The summed E-state index contributed by atoms with van der Waals surface area (Å²) in [5.74, 6) is 0. The zero-order chi connectivity index (χ0) is 9.30. The third kappa shape index (κ3) is 1.88. The fraction of sp³-hybridized carbons (Fsp3) is 1.00. The van der Waals surface area contributed by atoms with E-state index in [0.717, 1.165) is 0 Å². The molecule has 72 valence electrons. The minimum Gasteiger partial charge on any atom is -0.394 e. The van der Waals surface area contributed by atoms with Crippen LogP contribution in [0.3, 0.4) is 0 Å². The van der Waals surface area contributed by atoms with Crippen molar-refractivity contribution in [1.29, 1.82) is 0 Å². The predicted molar refractivity (Wildman–Crippen MR) is 47.8 cm³/mol. The molecule has 12 heavy (non-hydrogen) atoms. The van der Waals surface area contributed by atoms with Gasteiger partial charge in [0.1, 0.15) is 12.2 Å². The maximum absolute atomic E-state index is 9.31. The molecule has 1 saturated heterocycles. The largest absolute Gasteiger partial charge is 0.394 e. The highest BCUT2D eigenvalue weighted by molar-refractivity contribution is 14.1. The third-order valence-corrected chi connectivity index (χ3v) is 3.18. The first-order valence-electron chi connectivity index (χ1n) is 3.52. The van der Waals surface area contributed by atoms with Crippen LogP contribution >= 0.6 is 22.6 Å². The predicted octanol–water partition coefficient (Wildman–Crippen LogP) is -1.78. The molecule has 0 amide bonds. The quantitative estimate of drug-likeness (QED) is 0.339. The normalized spacial score (nSPS) is 49.2. The average molecular weight is 290 g/mol. The van der Waals surface area contributed by atoms with Gasteiger partial charge in [0.05, 0.1) is 16.6 Å². The van der Waals surface area contributed by atoms with Gasteiger partial charge in [-0.3, -0.25) is 0 Å². The topological polar surface area (TPSA) is 90.2 Å². The van der Waals surface area contributed by atoms with E-state index in [4.69, 9.17) is 14.9 Å². The summed E-state index contributed by atoms with van der Waals surface area (Å²) in [6.45, 7) is -0.418. The second-order valence-corrected chi connectivity index (χ2v) is 4.11. The summed E-state index contributed by atoms with van der Waals surface area (Å²) in [5, 5.41) is 36.4. The summed E-state index contributed by atoms with van der Waals surface area (Å²) < 4.78 is 4.25. The molecule has 1 aliphatic heterocycles. The van der Waals surface area contributed by atoms with E-state index in [1.807, 2.05) is 0 Å². The summed E-state index contributed by atoms with van der Waals surface area (Å²) in [4.78, 5) is 0. The fourth-order valence-electron chi connectivity index (χ4n) is 1.06. The van der Waals surface area contributed by atoms with Gasteiger partial charge in [0.2, 0.25) is 0 Å². The van der Waals surface area contributed by atoms with Gasteiger partial charge < -0.3 is 25.2 Å². The summed E-state index contributed by atoms with van der Waals surface area (Å²) >= 11 is 1.78. The minimum atomic E-state index is -1.14. The van der Waals surface area contributed by atoms with Crippen LogP contribution in [0.1, 0.15) is 0 Å². The number of alkyl halides is 1. The van der Waals surface area contributed by atoms with E-state index >= 15 is 0 Å². The summed E-state index contributed by atoms with van der Waals surface area (Å²) in [7, 11) is 0. The van der Waals surface area contributed by atoms with Gasteiger partial charge in [-0.2, -0.15) is 0 Å². The molecule has 5 atom stereocenters. The minimum absolute atomic E-state index is 0.418. The molecule has 0 bridgehead atoms. The van der Waals surface area contributed by atoms with Crippen LogP contribution < -0.4 is 0 Å². The van der Waals surface area contributed by atoms with Crippen LogP contribution in [0.5, 0.6) is 0 Å². The van der Waals surface area contributed by atoms with E-state index in [1.165, 1.54) is 0 Å². The van der Waals surface area contributed by atoms with Gasteiger partial charge in [0.15, 0.2) is 6.29 Å². The lowest BCUT2D eigenvalue weighted by Crippen LogP contribution is -2.56. The SMILES string of the molecule is OC[C@H]1O[C@@H](O)[C@H](I)[C@@H](O)[C@@H]1O. The van der Waals surface area contributed by atoms with E-state index in [1.54, 1.807) is 22.6 Å². The van der Waals surface area contributed by atoms with Crippen molar-refractivity contribution in [2.24, 2.45) is 0 Å². The first kappa shape index (κ1) is 10.6. The van der Waals surface area contributed by atoms with Crippen LogP contribution in [0.4, 0.5) is 0 Å². The van der Waals surface area contributed by atoms with Crippen LogP contribution in [0.25, 0.3) is 0 Å². The Morgan fingerprint density at radius 2 is 1.75 bits per heavy atom. The maximum Gasteiger partial charge on any atom is 0.169 e. The number of aliphatic hydroxyl groups excluding tert-OH is 4. The molecule has 0 saturated carbocycles. The Morgan fingerprint density at radius 1 is 1.17 bits per heavy atom. The van der Waals surface area contributed by atoms with Crippen molar-refractivity contribution in [3.63, 3.8) is 0 Å². The number of aliphatic hydroxyl groups is 4. The van der Waals surface area contributed by atoms with Crippen molar-refractivity contribution in [1.82, 2.24) is 0 Å². The summed E-state index contributed by atoms with van der Waals surface area (Å²) in [5.41, 5.74) is 0. The molecule has 0 unspecified atom stereocenters. The average Bonchev–Trinajstić information content (AvgIpc) is 2.08. The lowest BCUT2D eigenvalue weighted by atomic mass is 10.0. The molecule has 0 aromatic rings. The Balaban J connectivity index is 2.63. The van der Waals surface area contributed by atoms with Gasteiger partial charge >= 0.3 is 0 Å². The molecule has 1 aliphatic rings. The lowest BCUT2D eigenvalue weighted by Gasteiger charge is -2.37. The molecule has 0 aliphatic carbocycles. The molecule has 1 fully saturated rings. The van der Waals surface area contributed by atoms with Crippen LogP contribution in [0.15, 0.2) is 0 Å². The van der Waals surface area contributed by atoms with Crippen LogP contribution in [-0.4, -0.2) is 55.6 Å². The standard InChI is InChI=1S/C6H11IO5/c7-3-5(10)4(9)2(1-8)12-6(3)11/h2-6,8-11H,1H2/t2-,3-,4-,5-,6-/m1/s1. The van der Waals surface area contributed by atoms with Gasteiger partial charge in [-0.25, -0.2) is 0 Å². The highest BCUT2D eigenvalue weighted by Gasteiger charge is 2.41. The number of hydrogen-bond acceptors (Lipinski definition) is 5. The van der Waals surface area contributed by atoms with Crippen molar-refractivity contribution < 1.29 is 25.2 Å². The smallest absolute Gasteiger partial charge is 0.169 e. The molecule has 5 nitrogen and oxygen atoms in total. The molecular formula is C6H11IO5. The Kier molecular flexibility index (Phi) is 3.68. The summed E-state index contributed by atoms with van der Waals surface area (Å²) in [6, 6.07) is 0. The van der Waals surface area contributed by atoms with Crippen molar-refractivity contribution >= 4 is 22.6 Å². The maximum atomic E-state index is 9.31. The molecular weight excluding hydrogens is 279 g/mol. The fourth-order valence-corrected chi connectivity index (χ4v) is 1.66. The first-order valence-corrected chi connectivity index (χ1v) is 4.77. The molecule has 6 heteroatoms. The summed E-state index contributed by atoms with van der Waals surface area (Å²) in [6.07, 6.45) is -4.24. The van der Waals surface area contributed by atoms with Crippen LogP contribution in [0.2, 0.25) is 0 Å². The number of ether oxygens (including phenoxy) is 1. The van der Waals surface area contributed by atoms with Gasteiger partial charge in [-0.1, -0.05) is 22.6 Å². The number of halogens is 1. The van der Waals surface area contributed by atoms with E-state index in [2.05, 4.69) is 0 Å². The van der Waals surface area contributed by atoms with E-state index in [0.29, 0.717) is 0 Å². The van der Waals surface area contributed by atoms with Crippen LogP contribution in [-0.2, 0) is 4.74 Å². The second-order valence-electron chi connectivity index (χ2n) is 2.67. The Morgan fingerprint density at radius 3 is 2.25 bits per heavy atom. The van der Waals surface area contributed by atoms with Gasteiger partial charge in [0.25, 0.3) is 0 Å². The van der Waals surface area contributed by atoms with Gasteiger partial charge in [-0.15, -0.1) is 0 Å². The van der Waals surface area contributed by atoms with E-state index < -0.39 is 35.1 Å². The molecule has 0 spiro atoms. The molecule has 0 aromatic heterocycles. The van der Waals surface area contributed by atoms with Gasteiger partial charge in [-0.05, 0) is 0 Å². The molecule has 1 rings (SSSR count). The van der Waals surface area contributed by atoms with Crippen LogP contribution in [0, 0.1) is 0 Å². The van der Waals surface area contributed by atoms with Crippen molar-refractivity contribution in [2.75, 3.05) is 6.61 Å². The van der Waals surface area contributed by atoms with Crippen molar-refractivity contribution in [2.45, 2.75) is 28.5 Å². The van der Waals surface area contributed by atoms with E-state index in [-0.39, 0.29) is 0 Å². The Hall–Kier alpha value is 0.530. The monoisotopic (exact) mass is 290 g/mol. The molecule has 0 aromatic carbocycles. The van der Waals surface area contributed by atoms with E-state index in [9.17, 15) is 10.2 Å². The van der Waals surface area contributed by atoms with Crippen molar-refractivity contribution in [3.05, 3.63) is 0 Å². The molecule has 0 radical (unpaired) electrons. The first-order chi connectivity index (χ1) is 5.57. The van der Waals surface area contributed by atoms with Crippen molar-refractivity contribution in [3.8, 4) is 0 Å². The zero-order valence-electron chi connectivity index (χ0n) is 6.17. The zero-order valence-corrected chi connectivity index (χ0v) is 8.33.